The Hall–Kier alpha value is -2.77. The maximum atomic E-state index is 12.2. The minimum atomic E-state index is -0.604. The van der Waals surface area contributed by atoms with Crippen molar-refractivity contribution < 1.29 is 28.6 Å². The number of alkyl carbamates (subject to hydrolysis) is 2. The molecule has 0 aromatic heterocycles. The first kappa shape index (κ1) is 22.5. The molecule has 29 heavy (non-hydrogen) atoms. The van der Waals surface area contributed by atoms with Gasteiger partial charge >= 0.3 is 18.2 Å². The van der Waals surface area contributed by atoms with Gasteiger partial charge in [-0.25, -0.2) is 9.59 Å². The largest absolute Gasteiger partial charge is 0.469 e. The summed E-state index contributed by atoms with van der Waals surface area (Å²) in [7, 11) is 1.30. The fourth-order valence-electron chi connectivity index (χ4n) is 3.28. The van der Waals surface area contributed by atoms with Crippen LogP contribution in [0, 0.1) is 5.92 Å². The minimum Gasteiger partial charge on any atom is -0.469 e. The van der Waals surface area contributed by atoms with Gasteiger partial charge in [-0.3, -0.25) is 4.79 Å². The molecular weight excluding hydrogens is 376 g/mol. The monoisotopic (exact) mass is 406 g/mol. The number of carbonyl (C=O) groups excluding carboxylic acids is 3. The number of carbonyl (C=O) groups is 3. The van der Waals surface area contributed by atoms with E-state index in [0.717, 1.165) is 5.56 Å². The Labute approximate surface area is 171 Å². The predicted octanol–water partition coefficient (Wildman–Crippen LogP) is 3.15. The molecule has 0 aliphatic heterocycles. The third-order valence-electron chi connectivity index (χ3n) is 4.59. The number of methoxy groups -OCH3 is 1. The summed E-state index contributed by atoms with van der Waals surface area (Å²) < 4.78 is 15.4. The minimum absolute atomic E-state index is 0.144. The highest BCUT2D eigenvalue weighted by molar-refractivity contribution is 5.75. The van der Waals surface area contributed by atoms with Gasteiger partial charge in [-0.2, -0.15) is 0 Å². The summed E-state index contributed by atoms with van der Waals surface area (Å²) in [4.78, 5) is 36.4. The molecule has 8 heteroatoms. The van der Waals surface area contributed by atoms with Crippen LogP contribution in [0.3, 0.4) is 0 Å². The van der Waals surface area contributed by atoms with Crippen molar-refractivity contribution >= 4 is 18.2 Å². The fraction of sp³-hybridized carbons (Fsp3) is 0.571. The van der Waals surface area contributed by atoms with Gasteiger partial charge in [0, 0.05) is 12.1 Å². The van der Waals surface area contributed by atoms with E-state index in [1.807, 2.05) is 30.3 Å². The standard InChI is InChI=1S/C21H30N2O6/c1-21(2,3)29-20(26)22-15-10-11-17(16(12-15)18(24)27-4)23-19(25)28-13-14-8-6-5-7-9-14/h5-9,15-17H,10-13H2,1-4H3,(H,22,26)(H,23,25)/t15-,16-,17-/m1/s1. The predicted molar refractivity (Wildman–Crippen MR) is 106 cm³/mol. The Kier molecular flexibility index (Phi) is 7.87. The molecule has 1 fully saturated rings. The van der Waals surface area contributed by atoms with Crippen molar-refractivity contribution in [2.45, 2.75) is 64.3 Å². The van der Waals surface area contributed by atoms with Crippen LogP contribution in [-0.4, -0.2) is 43.0 Å². The third-order valence-corrected chi connectivity index (χ3v) is 4.59. The highest BCUT2D eigenvalue weighted by Gasteiger charge is 2.38. The molecule has 0 heterocycles. The van der Waals surface area contributed by atoms with Gasteiger partial charge in [-0.1, -0.05) is 30.3 Å². The van der Waals surface area contributed by atoms with Crippen LogP contribution in [0.4, 0.5) is 9.59 Å². The lowest BCUT2D eigenvalue weighted by Crippen LogP contribution is -2.52. The molecule has 1 aliphatic rings. The van der Waals surface area contributed by atoms with Crippen molar-refractivity contribution in [3.8, 4) is 0 Å². The molecule has 0 unspecified atom stereocenters. The Balaban J connectivity index is 1.90. The van der Waals surface area contributed by atoms with E-state index in [0.29, 0.717) is 19.3 Å². The topological polar surface area (TPSA) is 103 Å². The first-order valence-electron chi connectivity index (χ1n) is 9.72. The molecule has 0 saturated heterocycles. The van der Waals surface area contributed by atoms with E-state index in [-0.39, 0.29) is 12.6 Å². The Morgan fingerprint density at radius 3 is 2.34 bits per heavy atom. The third kappa shape index (κ3) is 7.63. The van der Waals surface area contributed by atoms with Gasteiger partial charge in [-0.15, -0.1) is 0 Å². The molecule has 3 atom stereocenters. The van der Waals surface area contributed by atoms with E-state index in [1.165, 1.54) is 7.11 Å². The number of esters is 1. The first-order valence-corrected chi connectivity index (χ1v) is 9.72. The summed E-state index contributed by atoms with van der Waals surface area (Å²) in [5.41, 5.74) is 0.269. The molecule has 1 aliphatic carbocycles. The lowest BCUT2D eigenvalue weighted by molar-refractivity contribution is -0.147. The van der Waals surface area contributed by atoms with Gasteiger partial charge in [0.15, 0.2) is 0 Å². The number of nitrogens with one attached hydrogen (secondary N) is 2. The number of rotatable bonds is 5. The van der Waals surface area contributed by atoms with E-state index in [1.54, 1.807) is 20.8 Å². The Morgan fingerprint density at radius 1 is 1.03 bits per heavy atom. The van der Waals surface area contributed by atoms with Crippen molar-refractivity contribution in [2.75, 3.05) is 7.11 Å². The number of benzene rings is 1. The van der Waals surface area contributed by atoms with Crippen molar-refractivity contribution in [3.63, 3.8) is 0 Å². The van der Waals surface area contributed by atoms with Crippen LogP contribution in [0.5, 0.6) is 0 Å². The first-order chi connectivity index (χ1) is 13.7. The van der Waals surface area contributed by atoms with E-state index < -0.39 is 35.7 Å². The molecule has 0 bridgehead atoms. The average Bonchev–Trinajstić information content (AvgIpc) is 2.66. The second-order valence-corrected chi connectivity index (χ2v) is 8.10. The zero-order valence-electron chi connectivity index (χ0n) is 17.4. The summed E-state index contributed by atoms with van der Waals surface area (Å²) in [6, 6.07) is 8.66. The zero-order valence-corrected chi connectivity index (χ0v) is 17.4. The number of amides is 2. The Morgan fingerprint density at radius 2 is 1.72 bits per heavy atom. The maximum Gasteiger partial charge on any atom is 0.407 e. The van der Waals surface area contributed by atoms with Gasteiger partial charge in [0.2, 0.25) is 0 Å². The summed E-state index contributed by atoms with van der Waals surface area (Å²) >= 11 is 0. The van der Waals surface area contributed by atoms with Crippen LogP contribution in [0.1, 0.15) is 45.6 Å². The summed E-state index contributed by atoms with van der Waals surface area (Å²) in [5, 5.41) is 5.55. The van der Waals surface area contributed by atoms with E-state index in [4.69, 9.17) is 14.2 Å². The smallest absolute Gasteiger partial charge is 0.407 e. The van der Waals surface area contributed by atoms with Gasteiger partial charge in [0.1, 0.15) is 12.2 Å². The van der Waals surface area contributed by atoms with Gasteiger partial charge in [0.25, 0.3) is 0 Å². The van der Waals surface area contributed by atoms with Crippen LogP contribution in [0.2, 0.25) is 0 Å². The van der Waals surface area contributed by atoms with Crippen LogP contribution in [-0.2, 0) is 25.6 Å². The molecule has 8 nitrogen and oxygen atoms in total. The van der Waals surface area contributed by atoms with Crippen LogP contribution >= 0.6 is 0 Å². The van der Waals surface area contributed by atoms with Gasteiger partial charge in [-0.05, 0) is 45.6 Å². The van der Waals surface area contributed by atoms with E-state index >= 15 is 0 Å². The number of hydrogen-bond acceptors (Lipinski definition) is 6. The van der Waals surface area contributed by atoms with E-state index in [9.17, 15) is 14.4 Å². The SMILES string of the molecule is COC(=O)[C@@H]1C[C@H](NC(=O)OC(C)(C)C)CC[C@H]1NC(=O)OCc1ccccc1. The summed E-state index contributed by atoms with van der Waals surface area (Å²) in [6.07, 6.45) is 0.318. The number of ether oxygens (including phenoxy) is 3. The normalized spacial score (nSPS) is 21.6. The van der Waals surface area contributed by atoms with Crippen molar-refractivity contribution in [2.24, 2.45) is 5.92 Å². The average molecular weight is 406 g/mol. The molecule has 0 radical (unpaired) electrons. The zero-order chi connectivity index (χ0) is 21.4. The lowest BCUT2D eigenvalue weighted by Gasteiger charge is -2.35. The van der Waals surface area contributed by atoms with Crippen LogP contribution in [0.15, 0.2) is 30.3 Å². The second-order valence-electron chi connectivity index (χ2n) is 8.10. The molecule has 1 aromatic rings. The molecule has 1 saturated carbocycles. The van der Waals surface area contributed by atoms with Crippen LogP contribution < -0.4 is 10.6 Å². The Bertz CT molecular complexity index is 701. The summed E-state index contributed by atoms with van der Waals surface area (Å²) in [5.74, 6) is -1.02. The molecule has 160 valence electrons. The van der Waals surface area contributed by atoms with Crippen molar-refractivity contribution in [1.29, 1.82) is 0 Å². The van der Waals surface area contributed by atoms with E-state index in [2.05, 4.69) is 10.6 Å². The van der Waals surface area contributed by atoms with Gasteiger partial charge < -0.3 is 24.8 Å². The van der Waals surface area contributed by atoms with Crippen LogP contribution in [0.25, 0.3) is 0 Å². The molecule has 1 aromatic carbocycles. The maximum absolute atomic E-state index is 12.2. The molecule has 2 amide bonds. The highest BCUT2D eigenvalue weighted by atomic mass is 16.6. The highest BCUT2D eigenvalue weighted by Crippen LogP contribution is 2.26. The quantitative estimate of drug-likeness (QED) is 0.575. The molecule has 2 N–H and O–H groups in total. The fourth-order valence-corrected chi connectivity index (χ4v) is 3.28. The summed E-state index contributed by atoms with van der Waals surface area (Å²) in [6.45, 7) is 5.49. The van der Waals surface area contributed by atoms with Crippen molar-refractivity contribution in [3.05, 3.63) is 35.9 Å². The molecule has 2 rings (SSSR count). The lowest BCUT2D eigenvalue weighted by atomic mass is 9.81. The molecular formula is C21H30N2O6. The van der Waals surface area contributed by atoms with Gasteiger partial charge in [0.05, 0.1) is 13.0 Å². The second kappa shape index (κ2) is 10.1. The molecule has 0 spiro atoms. The number of hydrogen-bond donors (Lipinski definition) is 2. The van der Waals surface area contributed by atoms with Crippen molar-refractivity contribution in [1.82, 2.24) is 10.6 Å².